The van der Waals surface area contributed by atoms with Gasteiger partial charge in [0.05, 0.1) is 11.8 Å². The van der Waals surface area contributed by atoms with Crippen LogP contribution in [-0.2, 0) is 4.79 Å². The highest BCUT2D eigenvalue weighted by Gasteiger charge is 2.23. The van der Waals surface area contributed by atoms with Crippen LogP contribution in [0.25, 0.3) is 10.8 Å². The molecule has 1 unspecified atom stereocenters. The molecule has 1 atom stereocenters. The SMILES string of the molecule is CC(C)(C)SCC(=O)NC(c1ccccc1)c1c(O)ccc2ccccc12. The normalized spacial score (nSPS) is 12.7. The molecule has 0 spiro atoms. The molecular weight excluding hydrogens is 354 g/mol. The number of fused-ring (bicyclic) bond motifs is 1. The zero-order chi connectivity index (χ0) is 19.4. The quantitative estimate of drug-likeness (QED) is 0.634. The van der Waals surface area contributed by atoms with Gasteiger partial charge in [-0.25, -0.2) is 0 Å². The summed E-state index contributed by atoms with van der Waals surface area (Å²) in [6.45, 7) is 6.28. The van der Waals surface area contributed by atoms with E-state index in [2.05, 4.69) is 26.1 Å². The molecule has 0 saturated heterocycles. The summed E-state index contributed by atoms with van der Waals surface area (Å²) in [5.41, 5.74) is 1.67. The third-order valence-electron chi connectivity index (χ3n) is 4.31. The van der Waals surface area contributed by atoms with Gasteiger partial charge in [0.1, 0.15) is 5.75 Å². The molecular formula is C23H25NO2S. The van der Waals surface area contributed by atoms with Gasteiger partial charge in [-0.15, -0.1) is 11.8 Å². The summed E-state index contributed by atoms with van der Waals surface area (Å²) in [6.07, 6.45) is 0. The third kappa shape index (κ3) is 4.83. The Balaban J connectivity index is 2.02. The maximum Gasteiger partial charge on any atom is 0.230 e. The van der Waals surface area contributed by atoms with E-state index >= 15 is 0 Å². The molecule has 1 amide bonds. The van der Waals surface area contributed by atoms with Crippen LogP contribution >= 0.6 is 11.8 Å². The van der Waals surface area contributed by atoms with Crippen LogP contribution in [0.3, 0.4) is 0 Å². The summed E-state index contributed by atoms with van der Waals surface area (Å²) in [4.78, 5) is 12.7. The molecule has 4 heteroatoms. The van der Waals surface area contributed by atoms with Crippen molar-refractivity contribution in [2.45, 2.75) is 31.6 Å². The molecule has 0 saturated carbocycles. The summed E-state index contributed by atoms with van der Waals surface area (Å²) < 4.78 is 0.0150. The van der Waals surface area contributed by atoms with Gasteiger partial charge in [-0.05, 0) is 22.4 Å². The fourth-order valence-electron chi connectivity index (χ4n) is 3.04. The molecule has 0 heterocycles. The Morgan fingerprint density at radius 2 is 1.67 bits per heavy atom. The average Bonchev–Trinajstić information content (AvgIpc) is 2.65. The molecule has 0 aliphatic carbocycles. The largest absolute Gasteiger partial charge is 0.508 e. The van der Waals surface area contributed by atoms with Gasteiger partial charge in [0, 0.05) is 10.3 Å². The minimum absolute atomic E-state index is 0.0150. The third-order valence-corrected chi connectivity index (χ3v) is 5.58. The van der Waals surface area contributed by atoms with Crippen LogP contribution in [0.4, 0.5) is 0 Å². The summed E-state index contributed by atoms with van der Waals surface area (Å²) in [6, 6.07) is 20.9. The van der Waals surface area contributed by atoms with E-state index in [1.165, 1.54) is 0 Å². The maximum atomic E-state index is 12.7. The lowest BCUT2D eigenvalue weighted by Gasteiger charge is -2.24. The van der Waals surface area contributed by atoms with E-state index in [0.29, 0.717) is 5.75 Å². The number of hydrogen-bond donors (Lipinski definition) is 2. The van der Waals surface area contributed by atoms with Crippen molar-refractivity contribution in [3.63, 3.8) is 0 Å². The van der Waals surface area contributed by atoms with Crippen molar-refractivity contribution >= 4 is 28.4 Å². The Labute approximate surface area is 164 Å². The number of phenolic OH excluding ortho intramolecular Hbond substituents is 1. The van der Waals surface area contributed by atoms with Gasteiger partial charge in [0.25, 0.3) is 0 Å². The van der Waals surface area contributed by atoms with Crippen LogP contribution in [0.1, 0.15) is 37.9 Å². The van der Waals surface area contributed by atoms with Crippen LogP contribution in [0.15, 0.2) is 66.7 Å². The highest BCUT2D eigenvalue weighted by Crippen LogP contribution is 2.36. The monoisotopic (exact) mass is 379 g/mol. The standard InChI is InChI=1S/C23H25NO2S/c1-23(2,3)27-15-20(26)24-22(17-10-5-4-6-11-17)21-18-12-8-7-9-16(18)13-14-19(21)25/h4-14,22,25H,15H2,1-3H3,(H,24,26). The lowest BCUT2D eigenvalue weighted by Crippen LogP contribution is -2.32. The number of carbonyl (C=O) groups is 1. The zero-order valence-electron chi connectivity index (χ0n) is 15.9. The second-order valence-corrected chi connectivity index (χ2v) is 9.33. The first-order chi connectivity index (χ1) is 12.8. The first-order valence-corrected chi connectivity index (χ1v) is 10.0. The Hall–Kier alpha value is -2.46. The molecule has 3 rings (SSSR count). The Kier molecular flexibility index (Phi) is 5.76. The van der Waals surface area contributed by atoms with Crippen LogP contribution in [-0.4, -0.2) is 21.5 Å². The Morgan fingerprint density at radius 1 is 1.00 bits per heavy atom. The lowest BCUT2D eigenvalue weighted by molar-refractivity contribution is -0.119. The van der Waals surface area contributed by atoms with Gasteiger partial charge in [0.15, 0.2) is 0 Å². The number of hydrogen-bond acceptors (Lipinski definition) is 3. The number of rotatable bonds is 5. The number of aromatic hydroxyl groups is 1. The van der Waals surface area contributed by atoms with Gasteiger partial charge in [-0.1, -0.05) is 81.4 Å². The molecule has 0 aliphatic rings. The van der Waals surface area contributed by atoms with Crippen molar-refractivity contribution in [2.75, 3.05) is 5.75 Å². The summed E-state index contributed by atoms with van der Waals surface area (Å²) in [5, 5.41) is 15.8. The van der Waals surface area contributed by atoms with Gasteiger partial charge in [0.2, 0.25) is 5.91 Å². The van der Waals surface area contributed by atoms with Crippen molar-refractivity contribution in [1.82, 2.24) is 5.32 Å². The lowest BCUT2D eigenvalue weighted by atomic mass is 9.92. The average molecular weight is 380 g/mol. The predicted octanol–water partition coefficient (Wildman–Crippen LogP) is 5.28. The molecule has 3 aromatic rings. The Bertz CT molecular complexity index is 932. The molecule has 3 nitrogen and oxygen atoms in total. The van der Waals surface area contributed by atoms with E-state index in [1.54, 1.807) is 17.8 Å². The molecule has 140 valence electrons. The first kappa shape index (κ1) is 19.3. The smallest absolute Gasteiger partial charge is 0.230 e. The van der Waals surface area contributed by atoms with Gasteiger partial charge in [-0.2, -0.15) is 0 Å². The minimum Gasteiger partial charge on any atom is -0.508 e. The van der Waals surface area contributed by atoms with E-state index in [1.807, 2.05) is 60.7 Å². The second-order valence-electron chi connectivity index (χ2n) is 7.53. The number of phenols is 1. The molecule has 3 aromatic carbocycles. The number of benzene rings is 3. The minimum atomic E-state index is -0.412. The molecule has 0 radical (unpaired) electrons. The topological polar surface area (TPSA) is 49.3 Å². The zero-order valence-corrected chi connectivity index (χ0v) is 16.7. The molecule has 0 aromatic heterocycles. The maximum absolute atomic E-state index is 12.7. The Morgan fingerprint density at radius 3 is 2.37 bits per heavy atom. The highest BCUT2D eigenvalue weighted by molar-refractivity contribution is 8.01. The van der Waals surface area contributed by atoms with Gasteiger partial charge >= 0.3 is 0 Å². The van der Waals surface area contributed by atoms with Crippen molar-refractivity contribution in [3.05, 3.63) is 77.9 Å². The molecule has 0 aliphatic heterocycles. The molecule has 0 bridgehead atoms. The number of thioether (sulfide) groups is 1. The van der Waals surface area contributed by atoms with E-state index in [4.69, 9.17) is 0 Å². The van der Waals surface area contributed by atoms with Crippen LogP contribution in [0.5, 0.6) is 5.75 Å². The first-order valence-electron chi connectivity index (χ1n) is 9.04. The van der Waals surface area contributed by atoms with E-state index in [0.717, 1.165) is 21.9 Å². The number of carbonyl (C=O) groups excluding carboxylic acids is 1. The second kappa shape index (κ2) is 8.05. The van der Waals surface area contributed by atoms with Crippen LogP contribution in [0.2, 0.25) is 0 Å². The fraction of sp³-hybridized carbons (Fsp3) is 0.261. The van der Waals surface area contributed by atoms with Crippen molar-refractivity contribution in [3.8, 4) is 5.75 Å². The van der Waals surface area contributed by atoms with E-state index in [9.17, 15) is 9.90 Å². The van der Waals surface area contributed by atoms with Crippen molar-refractivity contribution in [2.24, 2.45) is 0 Å². The predicted molar refractivity (Wildman–Crippen MR) is 114 cm³/mol. The van der Waals surface area contributed by atoms with Gasteiger partial charge < -0.3 is 10.4 Å². The van der Waals surface area contributed by atoms with Gasteiger partial charge in [-0.3, -0.25) is 4.79 Å². The number of amides is 1. The summed E-state index contributed by atoms with van der Waals surface area (Å²) in [7, 11) is 0. The van der Waals surface area contributed by atoms with Crippen molar-refractivity contribution in [1.29, 1.82) is 0 Å². The number of nitrogens with one attached hydrogen (secondary N) is 1. The van der Waals surface area contributed by atoms with Crippen molar-refractivity contribution < 1.29 is 9.90 Å². The molecule has 2 N–H and O–H groups in total. The van der Waals surface area contributed by atoms with Crippen LogP contribution < -0.4 is 5.32 Å². The fourth-order valence-corrected chi connectivity index (χ4v) is 3.69. The molecule has 27 heavy (non-hydrogen) atoms. The van der Waals surface area contributed by atoms with E-state index in [-0.39, 0.29) is 16.4 Å². The van der Waals surface area contributed by atoms with E-state index < -0.39 is 6.04 Å². The summed E-state index contributed by atoms with van der Waals surface area (Å²) in [5.74, 6) is 0.515. The summed E-state index contributed by atoms with van der Waals surface area (Å²) >= 11 is 1.61. The highest BCUT2D eigenvalue weighted by atomic mass is 32.2. The molecule has 0 fully saturated rings. The van der Waals surface area contributed by atoms with Crippen LogP contribution in [0, 0.1) is 0 Å².